The quantitative estimate of drug-likeness (QED) is 0.876. The lowest BCUT2D eigenvalue weighted by Crippen LogP contribution is -2.24. The maximum absolute atomic E-state index is 13.1. The molecule has 0 fully saturated rings. The summed E-state index contributed by atoms with van der Waals surface area (Å²) in [6, 6.07) is 6.47. The number of benzene rings is 1. The van der Waals surface area contributed by atoms with Crippen LogP contribution in [0, 0.1) is 5.82 Å². The number of pyridine rings is 1. The Labute approximate surface area is 124 Å². The number of carbonyl (C=O) groups is 1. The Morgan fingerprint density at radius 1 is 1.33 bits per heavy atom. The molecule has 1 heterocycles. The minimum absolute atomic E-state index is 0.174. The van der Waals surface area contributed by atoms with Crippen LogP contribution < -0.4 is 11.3 Å². The van der Waals surface area contributed by atoms with Gasteiger partial charge in [0.05, 0.1) is 0 Å². The first kappa shape index (κ1) is 15.1. The molecule has 0 aliphatic heterocycles. The highest BCUT2D eigenvalue weighted by atomic mass is 35.5. The van der Waals surface area contributed by atoms with E-state index in [2.05, 4.69) is 0 Å². The summed E-state index contributed by atoms with van der Waals surface area (Å²) >= 11 is 5.86. The van der Waals surface area contributed by atoms with Crippen LogP contribution in [0.25, 0.3) is 0 Å². The van der Waals surface area contributed by atoms with Crippen molar-refractivity contribution in [2.24, 2.45) is 0 Å². The monoisotopic (exact) mass is 310 g/mol. The number of anilines is 1. The maximum atomic E-state index is 13.1. The van der Waals surface area contributed by atoms with Gasteiger partial charge in [-0.1, -0.05) is 11.6 Å². The topological polar surface area (TPSA) is 74.3 Å². The molecule has 21 heavy (non-hydrogen) atoms. The molecule has 2 rings (SSSR count). The van der Waals surface area contributed by atoms with Gasteiger partial charge in [0, 0.05) is 28.5 Å². The molecule has 0 saturated carbocycles. The van der Waals surface area contributed by atoms with Gasteiger partial charge >= 0.3 is 5.97 Å². The van der Waals surface area contributed by atoms with Gasteiger partial charge in [-0.15, -0.1) is 0 Å². The van der Waals surface area contributed by atoms with Gasteiger partial charge in [-0.3, -0.25) is 9.59 Å². The first-order valence-corrected chi connectivity index (χ1v) is 6.39. The van der Waals surface area contributed by atoms with Crippen molar-refractivity contribution in [2.45, 2.75) is 13.2 Å². The molecule has 7 heteroatoms. The lowest BCUT2D eigenvalue weighted by atomic mass is 10.2. The van der Waals surface area contributed by atoms with Crippen LogP contribution in [0.2, 0.25) is 5.02 Å². The second-order valence-corrected chi connectivity index (χ2v) is 4.73. The van der Waals surface area contributed by atoms with E-state index in [0.29, 0.717) is 16.3 Å². The van der Waals surface area contributed by atoms with Crippen LogP contribution in [0.15, 0.2) is 41.3 Å². The lowest BCUT2D eigenvalue weighted by Gasteiger charge is -2.08. The minimum Gasteiger partial charge on any atom is -0.459 e. The third-order valence-electron chi connectivity index (χ3n) is 2.70. The lowest BCUT2D eigenvalue weighted by molar-refractivity contribution is -0.145. The van der Waals surface area contributed by atoms with Gasteiger partial charge in [-0.05, 0) is 24.3 Å². The second-order valence-electron chi connectivity index (χ2n) is 4.32. The largest absolute Gasteiger partial charge is 0.459 e. The molecule has 0 bridgehead atoms. The van der Waals surface area contributed by atoms with Crippen molar-refractivity contribution >= 4 is 23.3 Å². The molecule has 5 nitrogen and oxygen atoms in total. The van der Waals surface area contributed by atoms with Crippen molar-refractivity contribution in [1.29, 1.82) is 0 Å². The summed E-state index contributed by atoms with van der Waals surface area (Å²) < 4.78 is 19.2. The fraction of sp³-hybridized carbons (Fsp3) is 0.143. The van der Waals surface area contributed by atoms with Crippen molar-refractivity contribution in [3.8, 4) is 0 Å². The third-order valence-corrected chi connectivity index (χ3v) is 3.07. The summed E-state index contributed by atoms with van der Waals surface area (Å²) in [5.41, 5.74) is 5.87. The average molecular weight is 311 g/mol. The smallest absolute Gasteiger partial charge is 0.326 e. The Morgan fingerprint density at radius 2 is 2.10 bits per heavy atom. The van der Waals surface area contributed by atoms with Crippen LogP contribution in [-0.2, 0) is 22.7 Å². The van der Waals surface area contributed by atoms with Gasteiger partial charge in [-0.2, -0.15) is 0 Å². The predicted octanol–water partition coefficient (Wildman–Crippen LogP) is 1.97. The highest BCUT2D eigenvalue weighted by molar-refractivity contribution is 6.31. The molecule has 0 amide bonds. The molecule has 0 radical (unpaired) electrons. The van der Waals surface area contributed by atoms with Gasteiger partial charge in [0.15, 0.2) is 0 Å². The fourth-order valence-corrected chi connectivity index (χ4v) is 1.84. The van der Waals surface area contributed by atoms with Crippen molar-refractivity contribution in [2.75, 3.05) is 5.73 Å². The Morgan fingerprint density at radius 3 is 2.86 bits per heavy atom. The average Bonchev–Trinajstić information content (AvgIpc) is 2.44. The highest BCUT2D eigenvalue weighted by Gasteiger charge is 2.09. The molecule has 2 aromatic rings. The standard InChI is InChI=1S/C14H12ClFN2O3/c15-12-3-1-10(16)5-9(12)8-21-14(20)7-18-6-11(17)2-4-13(18)19/h1-6H,7-8,17H2. The van der Waals surface area contributed by atoms with Crippen molar-refractivity contribution in [3.05, 3.63) is 63.3 Å². The van der Waals surface area contributed by atoms with E-state index in [1.54, 1.807) is 0 Å². The van der Waals surface area contributed by atoms with Gasteiger partial charge in [0.2, 0.25) is 0 Å². The number of carbonyl (C=O) groups excluding carboxylic acids is 1. The highest BCUT2D eigenvalue weighted by Crippen LogP contribution is 2.17. The Balaban J connectivity index is 2.01. The number of hydrogen-bond acceptors (Lipinski definition) is 4. The summed E-state index contributed by atoms with van der Waals surface area (Å²) in [7, 11) is 0. The number of rotatable bonds is 4. The predicted molar refractivity (Wildman–Crippen MR) is 76.3 cm³/mol. The van der Waals surface area contributed by atoms with Crippen molar-refractivity contribution < 1.29 is 13.9 Å². The molecular weight excluding hydrogens is 299 g/mol. The van der Waals surface area contributed by atoms with Crippen LogP contribution in [0.3, 0.4) is 0 Å². The van der Waals surface area contributed by atoms with Gasteiger partial charge in [-0.25, -0.2) is 4.39 Å². The molecule has 2 N–H and O–H groups in total. The van der Waals surface area contributed by atoms with Crippen LogP contribution in [0.4, 0.5) is 10.1 Å². The fourth-order valence-electron chi connectivity index (χ4n) is 1.67. The molecule has 1 aromatic carbocycles. The number of nitrogens with zero attached hydrogens (tertiary/aromatic N) is 1. The maximum Gasteiger partial charge on any atom is 0.326 e. The summed E-state index contributed by atoms with van der Waals surface area (Å²) in [6.07, 6.45) is 1.35. The van der Waals surface area contributed by atoms with Crippen molar-refractivity contribution in [3.63, 3.8) is 0 Å². The Hall–Kier alpha value is -2.34. The van der Waals surface area contributed by atoms with E-state index >= 15 is 0 Å². The van der Waals surface area contributed by atoms with E-state index < -0.39 is 11.8 Å². The van der Waals surface area contributed by atoms with E-state index in [-0.39, 0.29) is 18.7 Å². The first-order chi connectivity index (χ1) is 9.95. The Kier molecular flexibility index (Phi) is 4.59. The number of nitrogen functional groups attached to an aromatic ring is 1. The molecule has 0 unspecified atom stereocenters. The van der Waals surface area contributed by atoms with E-state index in [0.717, 1.165) is 4.57 Å². The van der Waals surface area contributed by atoms with Crippen LogP contribution >= 0.6 is 11.6 Å². The molecule has 110 valence electrons. The molecule has 1 aromatic heterocycles. The zero-order chi connectivity index (χ0) is 15.4. The number of esters is 1. The number of aromatic nitrogens is 1. The summed E-state index contributed by atoms with van der Waals surface area (Å²) in [4.78, 5) is 23.2. The number of ether oxygens (including phenoxy) is 1. The second kappa shape index (κ2) is 6.41. The SMILES string of the molecule is Nc1ccc(=O)n(CC(=O)OCc2cc(F)ccc2Cl)c1. The number of halogens is 2. The zero-order valence-corrected chi connectivity index (χ0v) is 11.6. The van der Waals surface area contributed by atoms with Crippen molar-refractivity contribution in [1.82, 2.24) is 4.57 Å². The number of nitrogens with two attached hydrogens (primary N) is 1. The van der Waals surface area contributed by atoms with E-state index in [1.807, 2.05) is 0 Å². The van der Waals surface area contributed by atoms with Crippen LogP contribution in [0.1, 0.15) is 5.56 Å². The minimum atomic E-state index is -0.650. The van der Waals surface area contributed by atoms with Gasteiger partial charge in [0.1, 0.15) is 19.0 Å². The number of hydrogen-bond donors (Lipinski definition) is 1. The molecule has 0 saturated heterocycles. The third kappa shape index (κ3) is 4.06. The van der Waals surface area contributed by atoms with E-state index in [9.17, 15) is 14.0 Å². The van der Waals surface area contributed by atoms with Crippen LogP contribution in [-0.4, -0.2) is 10.5 Å². The summed E-state index contributed by atoms with van der Waals surface area (Å²) in [6.45, 7) is -0.455. The molecular formula is C14H12ClFN2O3. The Bertz CT molecular complexity index is 730. The summed E-state index contributed by atoms with van der Waals surface area (Å²) in [5, 5.41) is 0.297. The van der Waals surface area contributed by atoms with E-state index in [1.165, 1.54) is 36.5 Å². The zero-order valence-electron chi connectivity index (χ0n) is 10.9. The molecule has 0 atom stereocenters. The normalized spacial score (nSPS) is 10.4. The van der Waals surface area contributed by atoms with Crippen LogP contribution in [0.5, 0.6) is 0 Å². The first-order valence-electron chi connectivity index (χ1n) is 6.01. The molecule has 0 aliphatic rings. The van der Waals surface area contributed by atoms with Gasteiger partial charge < -0.3 is 15.0 Å². The van der Waals surface area contributed by atoms with Gasteiger partial charge in [0.25, 0.3) is 5.56 Å². The summed E-state index contributed by atoms with van der Waals surface area (Å²) in [5.74, 6) is -1.12. The molecule has 0 spiro atoms. The molecule has 0 aliphatic carbocycles. The van der Waals surface area contributed by atoms with E-state index in [4.69, 9.17) is 22.1 Å².